The van der Waals surface area contributed by atoms with Crippen LogP contribution in [0, 0.1) is 0 Å². The van der Waals surface area contributed by atoms with Gasteiger partial charge in [-0.25, -0.2) is 9.78 Å². The summed E-state index contributed by atoms with van der Waals surface area (Å²) in [6.07, 6.45) is 6.06. The van der Waals surface area contributed by atoms with Crippen molar-refractivity contribution in [1.29, 1.82) is 0 Å². The number of rotatable bonds is 8. The number of carbonyl (C=O) groups is 1. The van der Waals surface area contributed by atoms with Crippen LogP contribution in [0.2, 0.25) is 10.0 Å². The lowest BCUT2D eigenvalue weighted by Gasteiger charge is -2.08. The van der Waals surface area contributed by atoms with E-state index in [2.05, 4.69) is 35.8 Å². The van der Waals surface area contributed by atoms with Crippen molar-refractivity contribution in [3.8, 4) is 33.9 Å². The molecule has 1 heterocycles. The van der Waals surface area contributed by atoms with Crippen LogP contribution in [0.5, 0.6) is 11.5 Å². The molecule has 7 heteroatoms. The maximum atomic E-state index is 11.6. The van der Waals surface area contributed by atoms with Crippen LogP contribution in [-0.4, -0.2) is 22.6 Å². The van der Waals surface area contributed by atoms with E-state index < -0.39 is 0 Å². The van der Waals surface area contributed by atoms with Crippen molar-refractivity contribution >= 4 is 41.3 Å². The monoisotopic (exact) mass is 568 g/mol. The van der Waals surface area contributed by atoms with Crippen LogP contribution in [0.3, 0.4) is 0 Å². The van der Waals surface area contributed by atoms with Crippen LogP contribution in [0.1, 0.15) is 28.7 Å². The molecule has 0 N–H and O–H groups in total. The van der Waals surface area contributed by atoms with E-state index in [0.717, 1.165) is 40.3 Å². The van der Waals surface area contributed by atoms with Crippen LogP contribution in [0.25, 0.3) is 34.5 Å². The summed E-state index contributed by atoms with van der Waals surface area (Å²) in [5, 5.41) is 1.17. The van der Waals surface area contributed by atoms with E-state index in [1.54, 1.807) is 30.3 Å². The Bertz CT molecular complexity index is 1660. The predicted octanol–water partition coefficient (Wildman–Crippen LogP) is 9.29. The van der Waals surface area contributed by atoms with E-state index in [-0.39, 0.29) is 5.97 Å². The first-order chi connectivity index (χ1) is 19.4. The lowest BCUT2D eigenvalue weighted by atomic mass is 10.0. The minimum absolute atomic E-state index is 0.377. The second-order valence-electron chi connectivity index (χ2n) is 8.99. The number of carbonyl (C=O) groups excluding carboxylic acids is 1. The van der Waals surface area contributed by atoms with Crippen LogP contribution in [-0.2, 0) is 11.3 Å². The molecule has 4 aromatic carbocycles. The Labute approximate surface area is 243 Å². The van der Waals surface area contributed by atoms with Gasteiger partial charge in [-0.1, -0.05) is 65.7 Å². The van der Waals surface area contributed by atoms with Gasteiger partial charge in [0, 0.05) is 23.3 Å². The molecule has 0 saturated carbocycles. The van der Waals surface area contributed by atoms with Crippen LogP contribution >= 0.6 is 23.2 Å². The third kappa shape index (κ3) is 6.28. The maximum absolute atomic E-state index is 11.6. The fraction of sp³-hybridized carbons (Fsp3) is 0.0909. The highest BCUT2D eigenvalue weighted by molar-refractivity contribution is 6.36. The van der Waals surface area contributed by atoms with E-state index in [9.17, 15) is 4.79 Å². The molecule has 0 unspecified atom stereocenters. The summed E-state index contributed by atoms with van der Waals surface area (Å²) in [5.74, 6) is 1.82. The highest BCUT2D eigenvalue weighted by atomic mass is 35.5. The van der Waals surface area contributed by atoms with Gasteiger partial charge in [-0.2, -0.15) is 0 Å². The van der Waals surface area contributed by atoms with Crippen LogP contribution in [0.15, 0.2) is 97.2 Å². The highest BCUT2D eigenvalue weighted by Gasteiger charge is 2.11. The number of aromatic nitrogens is 2. The Morgan fingerprint density at radius 1 is 0.850 bits per heavy atom. The van der Waals surface area contributed by atoms with Crippen molar-refractivity contribution in [2.24, 2.45) is 0 Å². The number of hydrogen-bond acceptors (Lipinski definition) is 4. The Morgan fingerprint density at radius 2 is 1.48 bits per heavy atom. The minimum Gasteiger partial charge on any atom is -0.465 e. The molecule has 5 nitrogen and oxygen atoms in total. The molecule has 1 aromatic heterocycles. The van der Waals surface area contributed by atoms with Crippen molar-refractivity contribution in [3.05, 3.63) is 124 Å². The summed E-state index contributed by atoms with van der Waals surface area (Å²) in [6.45, 7) is 2.87. The number of benzene rings is 4. The minimum atomic E-state index is -0.377. The average Bonchev–Trinajstić information content (AvgIpc) is 3.39. The Balaban J connectivity index is 1.26. The van der Waals surface area contributed by atoms with Crippen molar-refractivity contribution in [2.75, 3.05) is 7.11 Å². The van der Waals surface area contributed by atoms with Gasteiger partial charge in [0.1, 0.15) is 17.3 Å². The molecule has 0 aliphatic rings. The molecule has 5 rings (SSSR count). The van der Waals surface area contributed by atoms with Crippen LogP contribution in [0.4, 0.5) is 0 Å². The summed E-state index contributed by atoms with van der Waals surface area (Å²) < 4.78 is 12.7. The number of hydrogen-bond donors (Lipinski definition) is 0. The predicted molar refractivity (Wildman–Crippen MR) is 162 cm³/mol. The van der Waals surface area contributed by atoms with E-state index in [0.29, 0.717) is 27.1 Å². The van der Waals surface area contributed by atoms with Gasteiger partial charge >= 0.3 is 5.97 Å². The van der Waals surface area contributed by atoms with E-state index >= 15 is 0 Å². The number of imidazole rings is 1. The van der Waals surface area contributed by atoms with E-state index in [1.807, 2.05) is 54.7 Å². The van der Waals surface area contributed by atoms with Crippen molar-refractivity contribution in [3.63, 3.8) is 0 Å². The number of ether oxygens (including phenoxy) is 2. The molecule has 0 amide bonds. The number of halogens is 2. The van der Waals surface area contributed by atoms with Crippen molar-refractivity contribution < 1.29 is 14.3 Å². The summed E-state index contributed by atoms with van der Waals surface area (Å²) in [7, 11) is 1.36. The van der Waals surface area contributed by atoms with Gasteiger partial charge in [-0.05, 0) is 84.3 Å². The molecular formula is C33H26Cl2N2O3. The molecule has 0 aliphatic carbocycles. The fourth-order valence-corrected chi connectivity index (χ4v) is 4.73. The van der Waals surface area contributed by atoms with Gasteiger partial charge in [0.15, 0.2) is 0 Å². The van der Waals surface area contributed by atoms with E-state index in [1.165, 1.54) is 7.11 Å². The van der Waals surface area contributed by atoms with Crippen molar-refractivity contribution in [1.82, 2.24) is 9.55 Å². The third-order valence-electron chi connectivity index (χ3n) is 6.39. The second-order valence-corrected chi connectivity index (χ2v) is 9.84. The van der Waals surface area contributed by atoms with Gasteiger partial charge in [0.05, 0.1) is 23.4 Å². The molecule has 0 aliphatic heterocycles. The zero-order valence-electron chi connectivity index (χ0n) is 22.0. The molecule has 5 aromatic rings. The van der Waals surface area contributed by atoms with Gasteiger partial charge in [-0.3, -0.25) is 0 Å². The number of methoxy groups -OCH3 is 1. The van der Waals surface area contributed by atoms with Gasteiger partial charge < -0.3 is 14.0 Å². The molecule has 40 heavy (non-hydrogen) atoms. The SMILES string of the molecule is CCn1cc(-c2ccc(Cl)cc2Cl)nc1C=Cc1ccc(-c2ccc(Oc3ccc(C(=O)OC)cc3)cc2)cc1. The van der Waals surface area contributed by atoms with Gasteiger partial charge in [0.2, 0.25) is 0 Å². The smallest absolute Gasteiger partial charge is 0.337 e. The summed E-state index contributed by atoms with van der Waals surface area (Å²) >= 11 is 12.4. The molecule has 0 spiro atoms. The largest absolute Gasteiger partial charge is 0.465 e. The number of esters is 1. The fourth-order valence-electron chi connectivity index (χ4n) is 4.23. The molecular weight excluding hydrogens is 543 g/mol. The highest BCUT2D eigenvalue weighted by Crippen LogP contribution is 2.30. The Kier molecular flexibility index (Phi) is 8.34. The average molecular weight is 569 g/mol. The molecule has 0 saturated heterocycles. The lowest BCUT2D eigenvalue weighted by molar-refractivity contribution is 0.0600. The first-order valence-corrected chi connectivity index (χ1v) is 13.5. The number of aryl methyl sites for hydroxylation is 1. The molecule has 0 bridgehead atoms. The standard InChI is InChI=1S/C33H26Cl2N2O3/c1-3-37-21-31(29-18-13-26(34)20-30(29)35)36-32(37)19-6-22-4-7-23(8-5-22)24-9-14-27(15-10-24)40-28-16-11-25(12-17-28)33(38)39-2/h4-21H,3H2,1-2H3. The summed E-state index contributed by atoms with van der Waals surface area (Å²) in [4.78, 5) is 16.4. The quantitative estimate of drug-likeness (QED) is 0.175. The topological polar surface area (TPSA) is 53.4 Å². The molecule has 0 radical (unpaired) electrons. The maximum Gasteiger partial charge on any atom is 0.337 e. The number of nitrogens with zero attached hydrogens (tertiary/aromatic N) is 2. The normalized spacial score (nSPS) is 11.1. The second kappa shape index (κ2) is 12.2. The zero-order chi connectivity index (χ0) is 28.1. The first-order valence-electron chi connectivity index (χ1n) is 12.7. The molecule has 0 fully saturated rings. The lowest BCUT2D eigenvalue weighted by Crippen LogP contribution is -2.00. The third-order valence-corrected chi connectivity index (χ3v) is 6.94. The molecule has 200 valence electrons. The summed E-state index contributed by atoms with van der Waals surface area (Å²) in [5.41, 5.74) is 5.38. The zero-order valence-corrected chi connectivity index (χ0v) is 23.5. The van der Waals surface area contributed by atoms with Crippen LogP contribution < -0.4 is 4.74 Å². The Morgan fingerprint density at radius 3 is 2.08 bits per heavy atom. The van der Waals surface area contributed by atoms with Gasteiger partial charge in [-0.15, -0.1) is 0 Å². The Hall–Kier alpha value is -4.32. The van der Waals surface area contributed by atoms with E-state index in [4.69, 9.17) is 37.7 Å². The van der Waals surface area contributed by atoms with Crippen molar-refractivity contribution in [2.45, 2.75) is 13.5 Å². The van der Waals surface area contributed by atoms with Gasteiger partial charge in [0.25, 0.3) is 0 Å². The molecule has 0 atom stereocenters. The first kappa shape index (κ1) is 27.3. The summed E-state index contributed by atoms with van der Waals surface area (Å²) in [6, 6.07) is 28.5.